The zero-order valence-corrected chi connectivity index (χ0v) is 7.17. The van der Waals surface area contributed by atoms with Crippen molar-refractivity contribution in [2.75, 3.05) is 6.67 Å². The molecular weight excluding hydrogens is 219 g/mol. The molecule has 0 unspecified atom stereocenters. The van der Waals surface area contributed by atoms with Crippen molar-refractivity contribution < 1.29 is 41.3 Å². The van der Waals surface area contributed by atoms with E-state index in [1.165, 1.54) is 6.92 Å². The molecule has 1 radical (unpaired) electrons. The van der Waals surface area contributed by atoms with E-state index in [-0.39, 0.29) is 22.6 Å². The van der Waals surface area contributed by atoms with Crippen LogP contribution >= 0.6 is 0 Å². The Bertz CT molecular complexity index is 157. The summed E-state index contributed by atoms with van der Waals surface area (Å²) in [4.78, 5) is 18.4. The van der Waals surface area contributed by atoms with E-state index in [0.29, 0.717) is 0 Å². The van der Waals surface area contributed by atoms with Crippen molar-refractivity contribution in [3.63, 3.8) is 0 Å². The third-order valence-electron chi connectivity index (χ3n) is 0.458. The smallest absolute Gasteiger partial charge is 0.547 e. The summed E-state index contributed by atoms with van der Waals surface area (Å²) >= 11 is 0. The van der Waals surface area contributed by atoms with Crippen molar-refractivity contribution in [3.05, 3.63) is 12.2 Å². The van der Waals surface area contributed by atoms with Crippen LogP contribution in [0.2, 0.25) is 0 Å². The molecule has 0 aliphatic rings. The molecule has 0 aromatic heterocycles. The van der Waals surface area contributed by atoms with Crippen LogP contribution in [0, 0.1) is 0 Å². The Hall–Kier alpha value is -0.871. The van der Waals surface area contributed by atoms with Gasteiger partial charge in [-0.3, -0.25) is 0 Å². The number of rotatable bonds is 2. The third-order valence-corrected chi connectivity index (χ3v) is 0.458. The quantitative estimate of drug-likeness (QED) is 0.403. The Morgan fingerprint density at radius 2 is 1.58 bits per heavy atom. The normalized spacial score (nSPS) is 6.83. The number of carboxylic acid groups (broad SMARTS) is 2. The minimum Gasteiger partial charge on any atom is -0.547 e. The molecule has 0 bridgehead atoms. The second-order valence-corrected chi connectivity index (χ2v) is 1.57. The summed E-state index contributed by atoms with van der Waals surface area (Å²) in [6.45, 7) is 3.09. The van der Waals surface area contributed by atoms with E-state index < -0.39 is 18.6 Å². The molecule has 6 heteroatoms. The Morgan fingerprint density at radius 1 is 1.42 bits per heavy atom. The summed E-state index contributed by atoms with van der Waals surface area (Å²) in [5.74, 6) is -2.85. The third kappa shape index (κ3) is 22.9. The van der Waals surface area contributed by atoms with Crippen LogP contribution in [0.1, 0.15) is 6.92 Å². The number of alkyl halides is 1. The van der Waals surface area contributed by atoms with E-state index in [1.54, 1.807) is 0 Å². The van der Waals surface area contributed by atoms with Gasteiger partial charge in [0, 0.05) is 0 Å². The van der Waals surface area contributed by atoms with Gasteiger partial charge in [-0.05, 0) is 12.5 Å². The minimum absolute atomic E-state index is 0. The molecule has 73 valence electrons. The fourth-order valence-electron chi connectivity index (χ4n) is 0. The van der Waals surface area contributed by atoms with Gasteiger partial charge >= 0.3 is 17.1 Å². The van der Waals surface area contributed by atoms with Gasteiger partial charge < -0.3 is 19.8 Å². The predicted molar refractivity (Wildman–Crippen MR) is 30.8 cm³/mol. The van der Waals surface area contributed by atoms with E-state index in [2.05, 4.69) is 6.58 Å². The van der Waals surface area contributed by atoms with Gasteiger partial charge in [0.25, 0.3) is 0 Å². The largest absolute Gasteiger partial charge is 2.00 e. The minimum atomic E-state index is -1.66. The topological polar surface area (TPSA) is 80.3 Å². The molecular formula is C6H7CuFO4. The molecule has 0 N–H and O–H groups in total. The van der Waals surface area contributed by atoms with Crippen molar-refractivity contribution in [2.45, 2.75) is 6.92 Å². The van der Waals surface area contributed by atoms with E-state index in [0.717, 1.165) is 0 Å². The number of hydrogen-bond acceptors (Lipinski definition) is 4. The number of carbonyl (C=O) groups excluding carboxylic acids is 2. The summed E-state index contributed by atoms with van der Waals surface area (Å²) < 4.78 is 10.5. The molecule has 12 heavy (non-hydrogen) atoms. The first-order valence-electron chi connectivity index (χ1n) is 2.54. The Morgan fingerprint density at radius 3 is 1.58 bits per heavy atom. The molecule has 0 aliphatic carbocycles. The van der Waals surface area contributed by atoms with Gasteiger partial charge in [-0.2, -0.15) is 0 Å². The van der Waals surface area contributed by atoms with E-state index in [9.17, 15) is 14.3 Å². The molecule has 0 saturated heterocycles. The summed E-state index contributed by atoms with van der Waals surface area (Å²) in [5.41, 5.74) is 0.0648. The monoisotopic (exact) mass is 225 g/mol. The van der Waals surface area contributed by atoms with Gasteiger partial charge in [0.15, 0.2) is 0 Å². The molecule has 4 nitrogen and oxygen atoms in total. The maximum atomic E-state index is 10.5. The molecule has 0 aromatic rings. The maximum Gasteiger partial charge on any atom is 2.00 e. The molecule has 0 aromatic carbocycles. The summed E-state index contributed by atoms with van der Waals surface area (Å²) in [6, 6.07) is 0. The van der Waals surface area contributed by atoms with E-state index in [1.807, 2.05) is 0 Å². The number of aliphatic carboxylic acids is 2. The van der Waals surface area contributed by atoms with E-state index >= 15 is 0 Å². The van der Waals surface area contributed by atoms with Gasteiger partial charge in [0.1, 0.15) is 6.67 Å². The predicted octanol–water partition coefficient (Wildman–Crippen LogP) is -1.98. The Labute approximate surface area is 79.6 Å². The van der Waals surface area contributed by atoms with Gasteiger partial charge in [-0.25, -0.2) is 4.39 Å². The molecule has 0 amide bonds. The average Bonchev–Trinajstić information content (AvgIpc) is 1.89. The van der Waals surface area contributed by atoms with Crippen LogP contribution in [-0.2, 0) is 26.7 Å². The molecule has 0 atom stereocenters. The first-order valence-corrected chi connectivity index (χ1v) is 2.54. The standard InChI is InChI=1S/C4H6O2.C2H3FO2.Cu/c1-3(2)4(5)6;3-1-2(4)5;/h1H2,2H3,(H,5,6);1H2,(H,4,5);/q;;+2/p-2. The van der Waals surface area contributed by atoms with E-state index in [4.69, 9.17) is 9.90 Å². The summed E-state index contributed by atoms with van der Waals surface area (Å²) in [5, 5.41) is 18.4. The summed E-state index contributed by atoms with van der Waals surface area (Å²) in [7, 11) is 0. The van der Waals surface area contributed by atoms with Crippen LogP contribution in [0.5, 0.6) is 0 Å². The molecule has 0 rings (SSSR count). The van der Waals surface area contributed by atoms with Crippen molar-refractivity contribution in [1.82, 2.24) is 0 Å². The van der Waals surface area contributed by atoms with Crippen molar-refractivity contribution in [3.8, 4) is 0 Å². The molecule has 0 heterocycles. The number of halogens is 1. The van der Waals surface area contributed by atoms with Crippen molar-refractivity contribution in [2.24, 2.45) is 0 Å². The van der Waals surface area contributed by atoms with Gasteiger partial charge in [-0.1, -0.05) is 6.58 Å². The van der Waals surface area contributed by atoms with Crippen LogP contribution < -0.4 is 10.2 Å². The SMILES string of the molecule is C=C(C)C(=O)[O-].O=C([O-])CF.[Cu+2]. The Balaban J connectivity index is -0.000000126. The fourth-order valence-corrected chi connectivity index (χ4v) is 0. The maximum absolute atomic E-state index is 10.5. The number of carbonyl (C=O) groups is 2. The first kappa shape index (κ1) is 17.3. The van der Waals surface area contributed by atoms with Gasteiger partial charge in [0.05, 0.1) is 11.9 Å². The summed E-state index contributed by atoms with van der Waals surface area (Å²) in [6.07, 6.45) is 0. The number of carboxylic acids is 2. The van der Waals surface area contributed by atoms with Crippen LogP contribution in [0.15, 0.2) is 12.2 Å². The number of hydrogen-bond donors (Lipinski definition) is 0. The molecule has 0 aliphatic heterocycles. The second kappa shape index (κ2) is 10.1. The van der Waals surface area contributed by atoms with Gasteiger partial charge in [0.2, 0.25) is 0 Å². The molecule has 0 fully saturated rings. The van der Waals surface area contributed by atoms with Gasteiger partial charge in [-0.15, -0.1) is 0 Å². The average molecular weight is 226 g/mol. The molecule has 0 spiro atoms. The van der Waals surface area contributed by atoms with Crippen LogP contribution in [0.25, 0.3) is 0 Å². The molecule has 0 saturated carbocycles. The second-order valence-electron chi connectivity index (χ2n) is 1.57. The zero-order chi connectivity index (χ0) is 9.44. The van der Waals surface area contributed by atoms with Crippen molar-refractivity contribution >= 4 is 11.9 Å². The van der Waals surface area contributed by atoms with Crippen molar-refractivity contribution in [1.29, 1.82) is 0 Å². The zero-order valence-electron chi connectivity index (χ0n) is 6.23. The van der Waals surface area contributed by atoms with Crippen LogP contribution in [-0.4, -0.2) is 18.6 Å². The Kier molecular flexibility index (Phi) is 14.6. The fraction of sp³-hybridized carbons (Fsp3) is 0.333. The van der Waals surface area contributed by atoms with Crippen LogP contribution in [0.3, 0.4) is 0 Å². The van der Waals surface area contributed by atoms with Crippen LogP contribution in [0.4, 0.5) is 4.39 Å². The first-order chi connectivity index (χ1) is 4.91.